The van der Waals surface area contributed by atoms with Crippen LogP contribution in [-0.2, 0) is 6.42 Å². The molecule has 1 N–H and O–H groups in total. The van der Waals surface area contributed by atoms with E-state index in [2.05, 4.69) is 50.3 Å². The van der Waals surface area contributed by atoms with Gasteiger partial charge in [0, 0.05) is 5.56 Å². The van der Waals surface area contributed by atoms with E-state index in [0.717, 1.165) is 12.0 Å². The Labute approximate surface area is 179 Å². The molecule has 1 aliphatic rings. The predicted molar refractivity (Wildman–Crippen MR) is 129 cm³/mol. The lowest BCUT2D eigenvalue weighted by Crippen LogP contribution is -2.06. The Bertz CT molecular complexity index is 707. The quantitative estimate of drug-likeness (QED) is 0.475. The fraction of sp³-hybridized carbons (Fsp3) is 0.500. The van der Waals surface area contributed by atoms with E-state index in [4.69, 9.17) is 0 Å². The topological polar surface area (TPSA) is 20.2 Å². The smallest absolute Gasteiger partial charge is 0.122 e. The zero-order chi connectivity index (χ0) is 21.7. The van der Waals surface area contributed by atoms with Gasteiger partial charge in [-0.15, -0.1) is 0 Å². The maximum atomic E-state index is 10.00. The molecule has 0 heterocycles. The Hall–Kier alpha value is -2.02. The molecule has 0 amide bonds. The number of rotatable bonds is 8. The third kappa shape index (κ3) is 8.48. The first kappa shape index (κ1) is 25.0. The van der Waals surface area contributed by atoms with E-state index in [-0.39, 0.29) is 0 Å². The second-order valence-corrected chi connectivity index (χ2v) is 7.76. The molecule has 1 atom stereocenters. The lowest BCUT2D eigenvalue weighted by molar-refractivity contribution is 0.397. The minimum atomic E-state index is 0.361. The minimum Gasteiger partial charge on any atom is -0.507 e. The van der Waals surface area contributed by atoms with E-state index in [1.165, 1.54) is 43.2 Å². The van der Waals surface area contributed by atoms with Crippen LogP contribution in [0, 0.1) is 18.3 Å². The highest BCUT2D eigenvalue weighted by atomic mass is 16.3. The van der Waals surface area contributed by atoms with Crippen molar-refractivity contribution in [3.8, 4) is 5.75 Å². The number of aromatic hydroxyl groups is 1. The normalized spacial score (nSPS) is 15.0. The Morgan fingerprint density at radius 2 is 1.59 bits per heavy atom. The highest BCUT2D eigenvalue weighted by Gasteiger charge is 2.40. The molecule has 0 aliphatic heterocycles. The van der Waals surface area contributed by atoms with E-state index in [0.29, 0.717) is 17.1 Å². The SMILES string of the molecule is CC.CC.CCC1(CCC(/C=C/c2ccccc2O)Cc2ccc(C)cc2)CC1. The van der Waals surface area contributed by atoms with Gasteiger partial charge in [-0.1, -0.05) is 101 Å². The first-order valence-corrected chi connectivity index (χ1v) is 11.6. The fourth-order valence-electron chi connectivity index (χ4n) is 3.61. The Balaban J connectivity index is 0.000000989. The van der Waals surface area contributed by atoms with Crippen LogP contribution in [0.1, 0.15) is 83.4 Å². The molecule has 0 spiro atoms. The fourth-order valence-corrected chi connectivity index (χ4v) is 3.61. The van der Waals surface area contributed by atoms with Gasteiger partial charge in [-0.05, 0) is 62.0 Å². The molecule has 2 aromatic carbocycles. The van der Waals surface area contributed by atoms with Gasteiger partial charge in [0.05, 0.1) is 0 Å². The molecule has 0 saturated heterocycles. The summed E-state index contributed by atoms with van der Waals surface area (Å²) in [7, 11) is 0. The van der Waals surface area contributed by atoms with Crippen molar-refractivity contribution in [1.82, 2.24) is 0 Å². The van der Waals surface area contributed by atoms with Crippen LogP contribution in [0.25, 0.3) is 6.08 Å². The van der Waals surface area contributed by atoms with Crippen LogP contribution in [0.3, 0.4) is 0 Å². The molecule has 1 saturated carbocycles. The zero-order valence-electron chi connectivity index (χ0n) is 19.5. The van der Waals surface area contributed by atoms with Gasteiger partial charge in [0.15, 0.2) is 0 Å². The summed E-state index contributed by atoms with van der Waals surface area (Å²) in [6.07, 6.45) is 12.2. The van der Waals surface area contributed by atoms with E-state index in [1.807, 2.05) is 45.9 Å². The molecule has 0 bridgehead atoms. The van der Waals surface area contributed by atoms with Crippen LogP contribution >= 0.6 is 0 Å². The molecule has 3 rings (SSSR count). The van der Waals surface area contributed by atoms with Crippen molar-refractivity contribution < 1.29 is 5.11 Å². The summed E-state index contributed by atoms with van der Waals surface area (Å²) < 4.78 is 0. The van der Waals surface area contributed by atoms with Crippen LogP contribution in [0.2, 0.25) is 0 Å². The number of hydrogen-bond donors (Lipinski definition) is 1. The summed E-state index contributed by atoms with van der Waals surface area (Å²) in [5.74, 6) is 0.881. The molecular weight excluding hydrogens is 352 g/mol. The monoisotopic (exact) mass is 394 g/mol. The standard InChI is InChI=1S/C24H30O.2C2H6/c1-3-24(16-17-24)15-14-21(18-20-10-8-19(2)9-11-20)12-13-22-6-4-5-7-23(22)25;2*1-2/h4-13,21,25H,3,14-18H2,1-2H3;2*1-2H3/b13-12+;;. The summed E-state index contributed by atoms with van der Waals surface area (Å²) >= 11 is 0. The second-order valence-electron chi connectivity index (χ2n) is 7.76. The molecule has 0 aromatic heterocycles. The number of phenolic OH excluding ortho intramolecular Hbond substituents is 1. The molecule has 1 heteroatoms. The number of para-hydroxylation sites is 1. The number of phenols is 1. The van der Waals surface area contributed by atoms with Crippen molar-refractivity contribution in [2.45, 2.75) is 80.1 Å². The molecule has 1 unspecified atom stereocenters. The Kier molecular flexibility index (Phi) is 11.4. The Morgan fingerprint density at radius 3 is 2.14 bits per heavy atom. The molecule has 29 heavy (non-hydrogen) atoms. The van der Waals surface area contributed by atoms with Crippen molar-refractivity contribution in [1.29, 1.82) is 0 Å². The average molecular weight is 395 g/mol. The van der Waals surface area contributed by atoms with E-state index >= 15 is 0 Å². The maximum Gasteiger partial charge on any atom is 0.122 e. The van der Waals surface area contributed by atoms with Crippen molar-refractivity contribution in [2.24, 2.45) is 11.3 Å². The van der Waals surface area contributed by atoms with E-state index in [9.17, 15) is 5.11 Å². The zero-order valence-corrected chi connectivity index (χ0v) is 19.5. The molecule has 2 aromatic rings. The van der Waals surface area contributed by atoms with Gasteiger partial charge in [0.1, 0.15) is 5.75 Å². The van der Waals surface area contributed by atoms with Crippen LogP contribution in [0.5, 0.6) is 5.75 Å². The highest BCUT2D eigenvalue weighted by molar-refractivity contribution is 5.56. The van der Waals surface area contributed by atoms with Crippen molar-refractivity contribution in [2.75, 3.05) is 0 Å². The summed E-state index contributed by atoms with van der Waals surface area (Å²) in [6, 6.07) is 16.5. The van der Waals surface area contributed by atoms with E-state index in [1.54, 1.807) is 6.07 Å². The van der Waals surface area contributed by atoms with Gasteiger partial charge in [0.25, 0.3) is 0 Å². The van der Waals surface area contributed by atoms with E-state index < -0.39 is 0 Å². The Morgan fingerprint density at radius 1 is 0.966 bits per heavy atom. The molecule has 1 fully saturated rings. The van der Waals surface area contributed by atoms with Gasteiger partial charge < -0.3 is 5.11 Å². The summed E-state index contributed by atoms with van der Waals surface area (Å²) in [4.78, 5) is 0. The largest absolute Gasteiger partial charge is 0.507 e. The van der Waals surface area contributed by atoms with Crippen molar-refractivity contribution in [3.63, 3.8) is 0 Å². The molecular formula is C28H42O. The number of aryl methyl sites for hydroxylation is 1. The van der Waals surface area contributed by atoms with Crippen LogP contribution in [-0.4, -0.2) is 5.11 Å². The third-order valence-electron chi connectivity index (χ3n) is 5.86. The number of benzene rings is 2. The van der Waals surface area contributed by atoms with Gasteiger partial charge in [-0.3, -0.25) is 0 Å². The number of hydrogen-bond acceptors (Lipinski definition) is 1. The molecule has 0 radical (unpaired) electrons. The summed E-state index contributed by atoms with van der Waals surface area (Å²) in [6.45, 7) is 12.5. The van der Waals surface area contributed by atoms with Crippen LogP contribution < -0.4 is 0 Å². The van der Waals surface area contributed by atoms with Gasteiger partial charge in [0.2, 0.25) is 0 Å². The molecule has 1 aliphatic carbocycles. The minimum absolute atomic E-state index is 0.361. The number of allylic oxidation sites excluding steroid dienone is 1. The van der Waals surface area contributed by atoms with Crippen molar-refractivity contribution >= 4 is 6.08 Å². The predicted octanol–water partition coefficient (Wildman–Crippen LogP) is 8.60. The molecule has 1 nitrogen and oxygen atoms in total. The first-order chi connectivity index (χ1) is 14.1. The average Bonchev–Trinajstić information content (AvgIpc) is 3.56. The maximum absolute atomic E-state index is 10.00. The second kappa shape index (κ2) is 13.2. The van der Waals surface area contributed by atoms with Crippen LogP contribution in [0.15, 0.2) is 54.6 Å². The summed E-state index contributed by atoms with van der Waals surface area (Å²) in [5, 5.41) is 10.00. The van der Waals surface area contributed by atoms with Gasteiger partial charge >= 0.3 is 0 Å². The highest BCUT2D eigenvalue weighted by Crippen LogP contribution is 2.53. The van der Waals surface area contributed by atoms with Crippen LogP contribution in [0.4, 0.5) is 0 Å². The lowest BCUT2D eigenvalue weighted by atomic mass is 9.87. The van der Waals surface area contributed by atoms with Gasteiger partial charge in [-0.25, -0.2) is 0 Å². The third-order valence-corrected chi connectivity index (χ3v) is 5.86. The molecule has 160 valence electrons. The van der Waals surface area contributed by atoms with Gasteiger partial charge in [-0.2, -0.15) is 0 Å². The first-order valence-electron chi connectivity index (χ1n) is 11.6. The van der Waals surface area contributed by atoms with Crippen molar-refractivity contribution in [3.05, 3.63) is 71.3 Å². The summed E-state index contributed by atoms with van der Waals surface area (Å²) in [5.41, 5.74) is 4.26. The lowest BCUT2D eigenvalue weighted by Gasteiger charge is -2.18.